The van der Waals surface area contributed by atoms with Crippen molar-refractivity contribution in [2.45, 2.75) is 311 Å². The predicted molar refractivity (Wildman–Crippen MR) is 260 cm³/mol. The molecule has 63 heavy (non-hydrogen) atoms. The lowest BCUT2D eigenvalue weighted by molar-refractivity contribution is -0.332. The molecule has 0 aromatic rings. The standard InChI is InChI=1S/C52H102N4O7/c1-32(2)53(45(6,7)8)34-30-35(55(48(15,16)17)49(18,19)20)40(62-42-33(28-29-36(61-42)44(3,4)5)54(46(9,10)11)47(12,13)14)37(57)39(34)63-43-38(58)41(52(27,59)31-60-43)56(50(21,22)23)51(24,25)26/h29,32-35,37-43,57-59H,28,30-31H2,1-27H3/t33-,34-,35?,37-,38-,39+,40-,41-,42-,43-,52+/m1/s1. The first-order valence-electron chi connectivity index (χ1n) is 24.3. The fourth-order valence-electron chi connectivity index (χ4n) is 12.8. The lowest BCUT2D eigenvalue weighted by atomic mass is 9.76. The van der Waals surface area contributed by atoms with Crippen molar-refractivity contribution < 1.29 is 34.3 Å². The Morgan fingerprint density at radius 2 is 0.968 bits per heavy atom. The lowest BCUT2D eigenvalue weighted by Crippen LogP contribution is -2.75. The molecule has 1 aliphatic carbocycles. The molecule has 0 amide bonds. The SMILES string of the molecule is CC(C)N([C@@H]1CC(N(C(C)(C)C)C(C)(C)C)[C@@H](O[C@H]2OC(C(C)(C)C)=CC[C@H]2N(C(C)(C)C)C(C)(C)C)[C@H](O)[C@H]1O[C@H]1OC[C@](C)(O)[C@H](N(C(C)(C)C)C(C)(C)C)[C@H]1O)C(C)(C)C. The summed E-state index contributed by atoms with van der Waals surface area (Å²) in [5.74, 6) is 0.875. The van der Waals surface area contributed by atoms with Gasteiger partial charge in [0.15, 0.2) is 6.29 Å². The molecule has 0 bridgehead atoms. The van der Waals surface area contributed by atoms with Crippen LogP contribution in [-0.2, 0) is 18.9 Å². The Bertz CT molecular complexity index is 1480. The Morgan fingerprint density at radius 3 is 1.35 bits per heavy atom. The Labute approximate surface area is 388 Å². The minimum Gasteiger partial charge on any atom is -0.467 e. The summed E-state index contributed by atoms with van der Waals surface area (Å²) in [5, 5.41) is 38.1. The summed E-state index contributed by atoms with van der Waals surface area (Å²) in [5.41, 5.74) is -3.99. The molecule has 2 aliphatic heterocycles. The molecular formula is C52H102N4O7. The maximum atomic E-state index is 13.5. The predicted octanol–water partition coefficient (Wildman–Crippen LogP) is 9.35. The molecule has 1 saturated carbocycles. The second kappa shape index (κ2) is 18.6. The molecule has 3 aliphatic rings. The van der Waals surface area contributed by atoms with E-state index in [-0.39, 0.29) is 63.9 Å². The van der Waals surface area contributed by atoms with E-state index in [0.717, 1.165) is 12.2 Å². The normalized spacial score (nSPS) is 32.8. The number of hydrogen-bond acceptors (Lipinski definition) is 11. The van der Waals surface area contributed by atoms with Gasteiger partial charge in [0.2, 0.25) is 6.29 Å². The molecule has 2 fully saturated rings. The third-order valence-electron chi connectivity index (χ3n) is 13.1. The smallest absolute Gasteiger partial charge is 0.215 e. The molecule has 3 rings (SSSR count). The fraction of sp³-hybridized carbons (Fsp3) is 0.962. The van der Waals surface area contributed by atoms with Gasteiger partial charge >= 0.3 is 0 Å². The van der Waals surface area contributed by atoms with Crippen molar-refractivity contribution in [3.05, 3.63) is 11.8 Å². The summed E-state index contributed by atoms with van der Waals surface area (Å²) in [7, 11) is 0. The third-order valence-corrected chi connectivity index (χ3v) is 13.1. The zero-order valence-electron chi connectivity index (χ0n) is 45.8. The second-order valence-electron chi connectivity index (χ2n) is 27.9. The van der Waals surface area contributed by atoms with Crippen LogP contribution in [0.2, 0.25) is 0 Å². The average Bonchev–Trinajstić information content (AvgIpc) is 2.99. The molecule has 11 heteroatoms. The van der Waals surface area contributed by atoms with Gasteiger partial charge < -0.3 is 34.3 Å². The van der Waals surface area contributed by atoms with Crippen LogP contribution in [0.5, 0.6) is 0 Å². The summed E-state index contributed by atoms with van der Waals surface area (Å²) in [4.78, 5) is 9.71. The van der Waals surface area contributed by atoms with E-state index in [0.29, 0.717) is 6.42 Å². The lowest BCUT2D eigenvalue weighted by Gasteiger charge is -2.61. The van der Waals surface area contributed by atoms with Crippen LogP contribution in [0.25, 0.3) is 0 Å². The zero-order chi connectivity index (χ0) is 49.4. The number of aliphatic hydroxyl groups excluding tert-OH is 2. The first-order chi connectivity index (χ1) is 27.8. The van der Waals surface area contributed by atoms with E-state index in [2.05, 4.69) is 206 Å². The monoisotopic (exact) mass is 895 g/mol. The molecule has 2 heterocycles. The van der Waals surface area contributed by atoms with Crippen LogP contribution >= 0.6 is 0 Å². The summed E-state index contributed by atoms with van der Waals surface area (Å²) in [6.45, 7) is 58.9. The summed E-state index contributed by atoms with van der Waals surface area (Å²) >= 11 is 0. The molecule has 3 N–H and O–H groups in total. The molecule has 1 unspecified atom stereocenters. The van der Waals surface area contributed by atoms with Crippen LogP contribution in [0.3, 0.4) is 0 Å². The van der Waals surface area contributed by atoms with E-state index in [1.54, 1.807) is 6.92 Å². The minimum absolute atomic E-state index is 0.0535. The van der Waals surface area contributed by atoms with Crippen molar-refractivity contribution in [3.8, 4) is 0 Å². The molecule has 1 saturated heterocycles. The number of aliphatic hydroxyl groups is 3. The van der Waals surface area contributed by atoms with Gasteiger partial charge in [0.25, 0.3) is 0 Å². The molecule has 11 nitrogen and oxygen atoms in total. The van der Waals surface area contributed by atoms with Gasteiger partial charge in [0.05, 0.1) is 18.7 Å². The summed E-state index contributed by atoms with van der Waals surface area (Å²) in [6.07, 6.45) is -2.42. The average molecular weight is 895 g/mol. The largest absolute Gasteiger partial charge is 0.467 e. The molecule has 0 aromatic carbocycles. The van der Waals surface area contributed by atoms with Gasteiger partial charge in [0.1, 0.15) is 35.8 Å². The van der Waals surface area contributed by atoms with E-state index in [1.165, 1.54) is 0 Å². The van der Waals surface area contributed by atoms with Crippen LogP contribution < -0.4 is 0 Å². The Kier molecular flexibility index (Phi) is 16.6. The molecule has 0 aromatic heterocycles. The van der Waals surface area contributed by atoms with E-state index in [9.17, 15) is 15.3 Å². The van der Waals surface area contributed by atoms with Crippen molar-refractivity contribution in [1.82, 2.24) is 19.6 Å². The molecular weight excluding hydrogens is 793 g/mol. The zero-order valence-corrected chi connectivity index (χ0v) is 45.8. The highest BCUT2D eigenvalue weighted by Crippen LogP contribution is 2.46. The van der Waals surface area contributed by atoms with Crippen molar-refractivity contribution in [2.24, 2.45) is 5.41 Å². The van der Waals surface area contributed by atoms with Crippen molar-refractivity contribution in [2.75, 3.05) is 6.61 Å². The number of allylic oxidation sites excluding steroid dienone is 1. The van der Waals surface area contributed by atoms with Crippen molar-refractivity contribution in [1.29, 1.82) is 0 Å². The summed E-state index contributed by atoms with van der Waals surface area (Å²) < 4.78 is 28.3. The molecule has 11 atom stereocenters. The van der Waals surface area contributed by atoms with Crippen LogP contribution in [0.1, 0.15) is 200 Å². The van der Waals surface area contributed by atoms with Gasteiger partial charge in [-0.15, -0.1) is 0 Å². The van der Waals surface area contributed by atoms with E-state index < -0.39 is 59.7 Å². The summed E-state index contributed by atoms with van der Waals surface area (Å²) in [6, 6.07) is -1.46. The van der Waals surface area contributed by atoms with Crippen LogP contribution in [0.15, 0.2) is 11.8 Å². The Morgan fingerprint density at radius 1 is 0.571 bits per heavy atom. The molecule has 0 radical (unpaired) electrons. The van der Waals surface area contributed by atoms with E-state index in [1.807, 2.05) is 0 Å². The van der Waals surface area contributed by atoms with Crippen molar-refractivity contribution >= 4 is 0 Å². The number of rotatable bonds is 9. The van der Waals surface area contributed by atoms with Gasteiger partial charge in [-0.25, -0.2) is 0 Å². The number of nitrogens with zero attached hydrogens (tertiary/aromatic N) is 4. The van der Waals surface area contributed by atoms with Crippen LogP contribution in [-0.4, -0.2) is 153 Å². The van der Waals surface area contributed by atoms with Gasteiger partial charge in [-0.05, 0) is 185 Å². The fourth-order valence-corrected chi connectivity index (χ4v) is 12.8. The quantitative estimate of drug-likeness (QED) is 0.206. The van der Waals surface area contributed by atoms with Gasteiger partial charge in [-0.1, -0.05) is 20.8 Å². The number of ether oxygens (including phenoxy) is 4. The maximum absolute atomic E-state index is 13.5. The third kappa shape index (κ3) is 13.0. The first-order valence-corrected chi connectivity index (χ1v) is 24.3. The van der Waals surface area contributed by atoms with Crippen LogP contribution in [0.4, 0.5) is 0 Å². The van der Waals surface area contributed by atoms with Gasteiger partial charge in [0, 0.05) is 62.3 Å². The maximum Gasteiger partial charge on any atom is 0.215 e. The Balaban J connectivity index is 2.40. The highest BCUT2D eigenvalue weighted by atomic mass is 16.7. The van der Waals surface area contributed by atoms with Gasteiger partial charge in [-0.2, -0.15) is 0 Å². The van der Waals surface area contributed by atoms with Crippen LogP contribution in [0, 0.1) is 5.41 Å². The van der Waals surface area contributed by atoms with E-state index >= 15 is 0 Å². The highest BCUT2D eigenvalue weighted by Gasteiger charge is 2.60. The highest BCUT2D eigenvalue weighted by molar-refractivity contribution is 5.14. The first kappa shape index (κ1) is 56.5. The minimum atomic E-state index is -1.39. The second-order valence-corrected chi connectivity index (χ2v) is 27.9. The number of hydrogen-bond donors (Lipinski definition) is 3. The molecule has 372 valence electrons. The van der Waals surface area contributed by atoms with Crippen molar-refractivity contribution in [3.63, 3.8) is 0 Å². The molecule has 0 spiro atoms. The van der Waals surface area contributed by atoms with E-state index in [4.69, 9.17) is 18.9 Å². The van der Waals surface area contributed by atoms with Gasteiger partial charge in [-0.3, -0.25) is 19.6 Å². The Hall–Kier alpha value is -0.860. The topological polar surface area (TPSA) is 111 Å².